The minimum atomic E-state index is -0.437. The van der Waals surface area contributed by atoms with E-state index in [9.17, 15) is 4.79 Å². The van der Waals surface area contributed by atoms with Crippen LogP contribution in [0.4, 0.5) is 4.79 Å². The van der Waals surface area contributed by atoms with Crippen molar-refractivity contribution in [2.24, 2.45) is 5.73 Å². The first-order chi connectivity index (χ1) is 7.35. The van der Waals surface area contributed by atoms with Crippen LogP contribution in [0.3, 0.4) is 0 Å². The second-order valence-electron chi connectivity index (χ2n) is 5.43. The third-order valence-corrected chi connectivity index (χ3v) is 2.90. The van der Waals surface area contributed by atoms with Gasteiger partial charge in [-0.2, -0.15) is 0 Å². The Kier molecular flexibility index (Phi) is 4.19. The van der Waals surface area contributed by atoms with Gasteiger partial charge in [0.05, 0.1) is 6.04 Å². The largest absolute Gasteiger partial charge is 0.444 e. The molecule has 0 saturated heterocycles. The third kappa shape index (κ3) is 3.37. The number of amides is 1. The number of likely N-dealkylation sites (N-methyl/N-ethyl adjacent to an activating group) is 1. The molecule has 94 valence electrons. The highest BCUT2D eigenvalue weighted by Gasteiger charge is 2.33. The van der Waals surface area contributed by atoms with Crippen molar-refractivity contribution >= 4 is 6.09 Å². The summed E-state index contributed by atoms with van der Waals surface area (Å²) in [4.78, 5) is 13.7. The van der Waals surface area contributed by atoms with E-state index in [0.29, 0.717) is 6.54 Å². The predicted octanol–water partition coefficient (Wildman–Crippen LogP) is 2.12. The summed E-state index contributed by atoms with van der Waals surface area (Å²) in [6.07, 6.45) is 2.86. The molecule has 0 aromatic rings. The number of ether oxygens (including phenoxy) is 1. The van der Waals surface area contributed by atoms with Gasteiger partial charge in [0, 0.05) is 12.6 Å². The molecule has 1 amide bonds. The molecule has 0 unspecified atom stereocenters. The van der Waals surface area contributed by atoms with Gasteiger partial charge >= 0.3 is 6.09 Å². The topological polar surface area (TPSA) is 55.6 Å². The summed E-state index contributed by atoms with van der Waals surface area (Å²) < 4.78 is 5.38. The van der Waals surface area contributed by atoms with Gasteiger partial charge in [-0.3, -0.25) is 0 Å². The van der Waals surface area contributed by atoms with E-state index in [-0.39, 0.29) is 18.2 Å². The Bertz CT molecular complexity index is 248. The predicted molar refractivity (Wildman–Crippen MR) is 64.2 cm³/mol. The molecule has 0 aliphatic heterocycles. The molecule has 1 fully saturated rings. The van der Waals surface area contributed by atoms with Crippen LogP contribution in [0.1, 0.15) is 47.0 Å². The molecule has 0 spiro atoms. The van der Waals surface area contributed by atoms with Crippen LogP contribution in [-0.4, -0.2) is 35.2 Å². The lowest BCUT2D eigenvalue weighted by Gasteiger charge is -2.32. The van der Waals surface area contributed by atoms with Crippen LogP contribution in [0.15, 0.2) is 0 Å². The minimum Gasteiger partial charge on any atom is -0.444 e. The standard InChI is InChI=1S/C12H24N2O2/c1-5-14(10-8-6-7-9(10)13)11(15)16-12(2,3)4/h9-10H,5-8,13H2,1-4H3/t9-,10-/m1/s1. The Balaban J connectivity index is 2.63. The summed E-state index contributed by atoms with van der Waals surface area (Å²) in [5, 5.41) is 0. The Hall–Kier alpha value is -0.770. The molecule has 0 radical (unpaired) electrons. The molecular weight excluding hydrogens is 204 g/mol. The maximum absolute atomic E-state index is 12.0. The third-order valence-electron chi connectivity index (χ3n) is 2.90. The number of carbonyl (C=O) groups is 1. The fraction of sp³-hybridized carbons (Fsp3) is 0.917. The smallest absolute Gasteiger partial charge is 0.410 e. The highest BCUT2D eigenvalue weighted by atomic mass is 16.6. The van der Waals surface area contributed by atoms with Gasteiger partial charge in [0.1, 0.15) is 5.60 Å². The second-order valence-corrected chi connectivity index (χ2v) is 5.43. The summed E-state index contributed by atoms with van der Waals surface area (Å²) in [5.74, 6) is 0. The zero-order chi connectivity index (χ0) is 12.3. The normalized spacial score (nSPS) is 25.6. The van der Waals surface area contributed by atoms with Crippen molar-refractivity contribution in [2.45, 2.75) is 64.6 Å². The van der Waals surface area contributed by atoms with Gasteiger partial charge < -0.3 is 15.4 Å². The van der Waals surface area contributed by atoms with Crippen LogP contribution in [0, 0.1) is 0 Å². The average molecular weight is 228 g/mol. The highest BCUT2D eigenvalue weighted by molar-refractivity contribution is 5.68. The van der Waals surface area contributed by atoms with Gasteiger partial charge in [-0.15, -0.1) is 0 Å². The lowest BCUT2D eigenvalue weighted by Crippen LogP contribution is -2.49. The molecule has 0 aromatic heterocycles. The summed E-state index contributed by atoms with van der Waals surface area (Å²) in [6.45, 7) is 8.27. The Morgan fingerprint density at radius 1 is 1.44 bits per heavy atom. The van der Waals surface area contributed by atoms with E-state index in [2.05, 4.69) is 0 Å². The Labute approximate surface area is 98.1 Å². The first-order valence-electron chi connectivity index (χ1n) is 6.10. The SMILES string of the molecule is CCN(C(=O)OC(C)(C)C)[C@@H]1CCC[C@H]1N. The number of nitrogens with two attached hydrogens (primary N) is 1. The van der Waals surface area contributed by atoms with E-state index in [1.807, 2.05) is 27.7 Å². The van der Waals surface area contributed by atoms with Crippen LogP contribution in [0.5, 0.6) is 0 Å². The van der Waals surface area contributed by atoms with Crippen LogP contribution in [-0.2, 0) is 4.74 Å². The maximum Gasteiger partial charge on any atom is 0.410 e. The van der Waals surface area contributed by atoms with Crippen molar-refractivity contribution in [3.8, 4) is 0 Å². The zero-order valence-corrected chi connectivity index (χ0v) is 10.8. The fourth-order valence-corrected chi connectivity index (χ4v) is 2.18. The van der Waals surface area contributed by atoms with Crippen molar-refractivity contribution in [1.82, 2.24) is 4.90 Å². The zero-order valence-electron chi connectivity index (χ0n) is 10.8. The molecule has 4 heteroatoms. The molecule has 16 heavy (non-hydrogen) atoms. The molecule has 0 aromatic carbocycles. The van der Waals surface area contributed by atoms with Crippen molar-refractivity contribution in [3.05, 3.63) is 0 Å². The number of hydrogen-bond donors (Lipinski definition) is 1. The van der Waals surface area contributed by atoms with E-state index < -0.39 is 5.60 Å². The van der Waals surface area contributed by atoms with Crippen LogP contribution in [0.25, 0.3) is 0 Å². The fourth-order valence-electron chi connectivity index (χ4n) is 2.18. The van der Waals surface area contributed by atoms with Gasteiger partial charge in [0.2, 0.25) is 0 Å². The lowest BCUT2D eigenvalue weighted by molar-refractivity contribution is 0.0164. The van der Waals surface area contributed by atoms with E-state index in [4.69, 9.17) is 10.5 Å². The molecule has 0 bridgehead atoms. The first kappa shape index (κ1) is 13.3. The van der Waals surface area contributed by atoms with Crippen molar-refractivity contribution in [2.75, 3.05) is 6.54 Å². The molecule has 1 rings (SSSR count). The minimum absolute atomic E-state index is 0.104. The van der Waals surface area contributed by atoms with Crippen molar-refractivity contribution < 1.29 is 9.53 Å². The molecule has 1 saturated carbocycles. The number of hydrogen-bond acceptors (Lipinski definition) is 3. The second kappa shape index (κ2) is 5.04. The van der Waals surface area contributed by atoms with E-state index >= 15 is 0 Å². The molecule has 4 nitrogen and oxygen atoms in total. The molecule has 0 heterocycles. The lowest BCUT2D eigenvalue weighted by atomic mass is 10.1. The van der Waals surface area contributed by atoms with Crippen LogP contribution >= 0.6 is 0 Å². The summed E-state index contributed by atoms with van der Waals surface area (Å²) >= 11 is 0. The number of carbonyl (C=O) groups excluding carboxylic acids is 1. The number of rotatable bonds is 2. The van der Waals surface area contributed by atoms with Crippen molar-refractivity contribution in [1.29, 1.82) is 0 Å². The summed E-state index contributed by atoms with van der Waals surface area (Å²) in [6, 6.07) is 0.257. The molecular formula is C12H24N2O2. The van der Waals surface area contributed by atoms with Gasteiger partial charge in [-0.25, -0.2) is 4.79 Å². The summed E-state index contributed by atoms with van der Waals surface area (Å²) in [5.41, 5.74) is 5.57. The molecule has 2 N–H and O–H groups in total. The first-order valence-corrected chi connectivity index (χ1v) is 6.10. The molecule has 1 aliphatic carbocycles. The van der Waals surface area contributed by atoms with Gasteiger partial charge in [0.15, 0.2) is 0 Å². The van der Waals surface area contributed by atoms with E-state index in [0.717, 1.165) is 19.3 Å². The monoisotopic (exact) mass is 228 g/mol. The van der Waals surface area contributed by atoms with Crippen LogP contribution in [0.2, 0.25) is 0 Å². The van der Waals surface area contributed by atoms with E-state index in [1.54, 1.807) is 4.90 Å². The number of nitrogens with zero attached hydrogens (tertiary/aromatic N) is 1. The van der Waals surface area contributed by atoms with E-state index in [1.165, 1.54) is 0 Å². The highest BCUT2D eigenvalue weighted by Crippen LogP contribution is 2.24. The van der Waals surface area contributed by atoms with Crippen LogP contribution < -0.4 is 5.73 Å². The van der Waals surface area contributed by atoms with Gasteiger partial charge in [-0.1, -0.05) is 0 Å². The Morgan fingerprint density at radius 2 is 2.06 bits per heavy atom. The Morgan fingerprint density at radius 3 is 2.44 bits per heavy atom. The maximum atomic E-state index is 12.0. The van der Waals surface area contributed by atoms with Crippen molar-refractivity contribution in [3.63, 3.8) is 0 Å². The average Bonchev–Trinajstić information content (AvgIpc) is 2.50. The van der Waals surface area contributed by atoms with Gasteiger partial charge in [-0.05, 0) is 47.0 Å². The summed E-state index contributed by atoms with van der Waals surface area (Å²) in [7, 11) is 0. The molecule has 1 aliphatic rings. The quantitative estimate of drug-likeness (QED) is 0.787. The molecule has 2 atom stereocenters. The van der Waals surface area contributed by atoms with Gasteiger partial charge in [0.25, 0.3) is 0 Å².